The van der Waals surface area contributed by atoms with E-state index < -0.39 is 0 Å². The summed E-state index contributed by atoms with van der Waals surface area (Å²) in [7, 11) is 0. The minimum atomic E-state index is 0.0256. The highest BCUT2D eigenvalue weighted by Gasteiger charge is 2.05. The van der Waals surface area contributed by atoms with Crippen LogP contribution in [0, 0.1) is 0 Å². The average Bonchev–Trinajstić information content (AvgIpc) is 2.15. The lowest BCUT2D eigenvalue weighted by atomic mass is 10.1. The fourth-order valence-electron chi connectivity index (χ4n) is 1.01. The highest BCUT2D eigenvalue weighted by molar-refractivity contribution is 14.1. The average molecular weight is 289 g/mol. The zero-order valence-corrected chi connectivity index (χ0v) is 9.61. The van der Waals surface area contributed by atoms with E-state index in [0.717, 1.165) is 0 Å². The number of alkyl halides is 1. The topological polar surface area (TPSA) is 29.1 Å². The number of carbonyl (C=O) groups is 1. The molecule has 0 aliphatic carbocycles. The number of rotatable bonds is 3. The predicted molar refractivity (Wildman–Crippen MR) is 61.9 cm³/mol. The van der Waals surface area contributed by atoms with Crippen molar-refractivity contribution in [1.82, 2.24) is 5.32 Å². The summed E-state index contributed by atoms with van der Waals surface area (Å²) in [6.07, 6.45) is 0. The van der Waals surface area contributed by atoms with E-state index in [4.69, 9.17) is 0 Å². The molecule has 1 atom stereocenters. The second-order valence-electron chi connectivity index (χ2n) is 2.82. The van der Waals surface area contributed by atoms with E-state index >= 15 is 0 Å². The summed E-state index contributed by atoms with van der Waals surface area (Å²) in [6.45, 7) is 2.23. The first-order valence-electron chi connectivity index (χ1n) is 4.13. The second kappa shape index (κ2) is 5.21. The van der Waals surface area contributed by atoms with Crippen LogP contribution in [0.3, 0.4) is 0 Å². The Bertz CT molecular complexity index is 274. The third kappa shape index (κ3) is 3.76. The van der Waals surface area contributed by atoms with Crippen molar-refractivity contribution in [1.29, 1.82) is 0 Å². The zero-order chi connectivity index (χ0) is 9.68. The molecular weight excluding hydrogens is 277 g/mol. The first-order valence-corrected chi connectivity index (χ1v) is 5.38. The van der Waals surface area contributed by atoms with Gasteiger partial charge in [-0.3, -0.25) is 4.79 Å². The summed E-state index contributed by atoms with van der Waals surface area (Å²) in [5.74, 6) is 0.0256. The van der Waals surface area contributed by atoms with Gasteiger partial charge < -0.3 is 5.32 Å². The molecule has 0 spiro atoms. The van der Waals surface area contributed by atoms with E-state index in [-0.39, 0.29) is 5.91 Å². The highest BCUT2D eigenvalue weighted by Crippen LogP contribution is 2.21. The molecule has 0 aliphatic heterocycles. The Labute approximate surface area is 91.9 Å². The number of hydrogen-bond donors (Lipinski definition) is 1. The summed E-state index contributed by atoms with van der Waals surface area (Å²) in [4.78, 5) is 10.7. The van der Waals surface area contributed by atoms with Gasteiger partial charge in [-0.2, -0.15) is 0 Å². The van der Waals surface area contributed by atoms with Crippen molar-refractivity contribution in [2.24, 2.45) is 0 Å². The molecule has 0 heterocycles. The normalized spacial score (nSPS) is 12.2. The van der Waals surface area contributed by atoms with Crippen LogP contribution < -0.4 is 5.32 Å². The molecule has 0 radical (unpaired) electrons. The maximum absolute atomic E-state index is 10.7. The van der Waals surface area contributed by atoms with Gasteiger partial charge in [0.2, 0.25) is 5.91 Å². The third-order valence-electron chi connectivity index (χ3n) is 1.69. The van der Waals surface area contributed by atoms with Gasteiger partial charge in [-0.15, -0.1) is 0 Å². The second-order valence-corrected chi connectivity index (χ2v) is 4.32. The van der Waals surface area contributed by atoms with E-state index in [0.29, 0.717) is 10.5 Å². The maximum Gasteiger partial charge on any atom is 0.216 e. The molecule has 3 heteroatoms. The van der Waals surface area contributed by atoms with Gasteiger partial charge in [-0.1, -0.05) is 52.9 Å². The molecule has 1 N–H and O–H groups in total. The quantitative estimate of drug-likeness (QED) is 0.671. The number of nitrogens with one attached hydrogen (secondary N) is 1. The van der Waals surface area contributed by atoms with Crippen molar-refractivity contribution in [3.05, 3.63) is 35.9 Å². The molecule has 1 rings (SSSR count). The summed E-state index contributed by atoms with van der Waals surface area (Å²) in [6, 6.07) is 10.1. The van der Waals surface area contributed by atoms with E-state index in [1.807, 2.05) is 18.2 Å². The Hall–Kier alpha value is -0.580. The fourth-order valence-corrected chi connectivity index (χ4v) is 1.65. The lowest BCUT2D eigenvalue weighted by Crippen LogP contribution is -2.23. The van der Waals surface area contributed by atoms with Gasteiger partial charge in [0.15, 0.2) is 0 Å². The van der Waals surface area contributed by atoms with Crippen molar-refractivity contribution in [2.75, 3.05) is 6.54 Å². The van der Waals surface area contributed by atoms with Crippen molar-refractivity contribution in [3.63, 3.8) is 0 Å². The first-order chi connectivity index (χ1) is 6.20. The van der Waals surface area contributed by atoms with E-state index in [2.05, 4.69) is 40.0 Å². The van der Waals surface area contributed by atoms with Crippen LogP contribution in [0.5, 0.6) is 0 Å². The molecule has 0 aromatic heterocycles. The molecule has 0 saturated heterocycles. The van der Waals surface area contributed by atoms with Crippen LogP contribution in [0.15, 0.2) is 30.3 Å². The predicted octanol–water partition coefficient (Wildman–Crippen LogP) is 2.30. The summed E-state index contributed by atoms with van der Waals surface area (Å²) < 4.78 is 0.350. The fraction of sp³-hybridized carbons (Fsp3) is 0.300. The Balaban J connectivity index is 2.49. The van der Waals surface area contributed by atoms with Crippen molar-refractivity contribution in [2.45, 2.75) is 10.8 Å². The molecule has 0 aliphatic rings. The first kappa shape index (κ1) is 10.5. The van der Waals surface area contributed by atoms with Crippen LogP contribution in [0.2, 0.25) is 0 Å². The number of benzene rings is 1. The molecule has 1 aromatic rings. The van der Waals surface area contributed by atoms with Crippen LogP contribution in [-0.4, -0.2) is 12.5 Å². The Kier molecular flexibility index (Phi) is 4.21. The number of halogens is 1. The van der Waals surface area contributed by atoms with Gasteiger partial charge in [0, 0.05) is 13.5 Å². The molecular formula is C10H12INO. The van der Waals surface area contributed by atoms with Crippen LogP contribution in [0.4, 0.5) is 0 Å². The molecule has 1 amide bonds. The van der Waals surface area contributed by atoms with E-state index in [9.17, 15) is 4.79 Å². The molecule has 1 aromatic carbocycles. The smallest absolute Gasteiger partial charge is 0.216 e. The van der Waals surface area contributed by atoms with Gasteiger partial charge in [0.25, 0.3) is 0 Å². The van der Waals surface area contributed by atoms with Gasteiger partial charge in [-0.25, -0.2) is 0 Å². The monoisotopic (exact) mass is 289 g/mol. The number of amides is 1. The summed E-state index contributed by atoms with van der Waals surface area (Å²) >= 11 is 2.33. The van der Waals surface area contributed by atoms with Crippen LogP contribution in [-0.2, 0) is 4.79 Å². The maximum atomic E-state index is 10.7. The lowest BCUT2D eigenvalue weighted by Gasteiger charge is -2.09. The number of carbonyl (C=O) groups excluding carboxylic acids is 1. The standard InChI is InChI=1S/C10H12INO/c1-8(13)12-7-10(11)9-5-3-2-4-6-9/h2-6,10H,7H2,1H3,(H,12,13). The van der Waals surface area contributed by atoms with Gasteiger partial charge >= 0.3 is 0 Å². The minimum absolute atomic E-state index is 0.0256. The van der Waals surface area contributed by atoms with E-state index in [1.54, 1.807) is 0 Å². The third-order valence-corrected chi connectivity index (χ3v) is 2.85. The lowest BCUT2D eigenvalue weighted by molar-refractivity contribution is -0.118. The molecule has 13 heavy (non-hydrogen) atoms. The Morgan fingerprint density at radius 2 is 2.08 bits per heavy atom. The summed E-state index contributed by atoms with van der Waals surface area (Å²) in [5.41, 5.74) is 1.25. The van der Waals surface area contributed by atoms with Crippen molar-refractivity contribution >= 4 is 28.5 Å². The van der Waals surface area contributed by atoms with Crippen LogP contribution in [0.25, 0.3) is 0 Å². The van der Waals surface area contributed by atoms with Crippen LogP contribution >= 0.6 is 22.6 Å². The van der Waals surface area contributed by atoms with E-state index in [1.165, 1.54) is 12.5 Å². The SMILES string of the molecule is CC(=O)NCC(I)c1ccccc1. The summed E-state index contributed by atoms with van der Waals surface area (Å²) in [5, 5.41) is 2.80. The van der Waals surface area contributed by atoms with Gasteiger partial charge in [0.05, 0.1) is 3.92 Å². The molecule has 70 valence electrons. The molecule has 1 unspecified atom stereocenters. The van der Waals surface area contributed by atoms with Gasteiger partial charge in [0.1, 0.15) is 0 Å². The minimum Gasteiger partial charge on any atom is -0.355 e. The largest absolute Gasteiger partial charge is 0.355 e. The van der Waals surface area contributed by atoms with Crippen molar-refractivity contribution in [3.8, 4) is 0 Å². The van der Waals surface area contributed by atoms with Crippen LogP contribution in [0.1, 0.15) is 16.4 Å². The van der Waals surface area contributed by atoms with Crippen molar-refractivity contribution < 1.29 is 4.79 Å². The number of hydrogen-bond acceptors (Lipinski definition) is 1. The highest BCUT2D eigenvalue weighted by atomic mass is 127. The Morgan fingerprint density at radius 1 is 1.46 bits per heavy atom. The molecule has 0 saturated carbocycles. The molecule has 2 nitrogen and oxygen atoms in total. The van der Waals surface area contributed by atoms with Gasteiger partial charge in [-0.05, 0) is 5.56 Å². The molecule has 0 fully saturated rings. The Morgan fingerprint density at radius 3 is 2.62 bits per heavy atom. The zero-order valence-electron chi connectivity index (χ0n) is 7.46. The molecule has 0 bridgehead atoms.